The van der Waals surface area contributed by atoms with Gasteiger partial charge in [0.2, 0.25) is 0 Å². The van der Waals surface area contributed by atoms with Gasteiger partial charge < -0.3 is 10.1 Å². The van der Waals surface area contributed by atoms with E-state index in [0.717, 1.165) is 43.3 Å². The van der Waals surface area contributed by atoms with E-state index in [1.807, 2.05) is 13.0 Å². The summed E-state index contributed by atoms with van der Waals surface area (Å²) in [5.74, 6) is 1.63. The summed E-state index contributed by atoms with van der Waals surface area (Å²) in [4.78, 5) is 0. The first-order chi connectivity index (χ1) is 8.22. The number of halogens is 1. The average molecular weight is 235 g/mol. The quantitative estimate of drug-likeness (QED) is 0.850. The Balaban J connectivity index is 1.67. The second-order valence-electron chi connectivity index (χ2n) is 5.32. The van der Waals surface area contributed by atoms with E-state index in [1.54, 1.807) is 6.07 Å². The number of ether oxygens (including phenoxy) is 1. The molecule has 3 rings (SSSR count). The van der Waals surface area contributed by atoms with E-state index < -0.39 is 0 Å². The SMILES string of the molecule is Cc1ccc(OC2CC3CNCC3C2)c(F)c1. The van der Waals surface area contributed by atoms with Crippen molar-refractivity contribution < 1.29 is 9.13 Å². The lowest BCUT2D eigenvalue weighted by atomic mass is 10.0. The molecule has 2 aliphatic rings. The summed E-state index contributed by atoms with van der Waals surface area (Å²) in [5.41, 5.74) is 0.933. The highest BCUT2D eigenvalue weighted by molar-refractivity contribution is 5.28. The number of hydrogen-bond donors (Lipinski definition) is 1. The van der Waals surface area contributed by atoms with Gasteiger partial charge in [-0.15, -0.1) is 0 Å². The largest absolute Gasteiger partial charge is 0.487 e. The fraction of sp³-hybridized carbons (Fsp3) is 0.571. The fourth-order valence-electron chi connectivity index (χ4n) is 3.09. The molecule has 0 amide bonds. The third-order valence-electron chi connectivity index (χ3n) is 3.99. The molecule has 3 heteroatoms. The number of benzene rings is 1. The van der Waals surface area contributed by atoms with Crippen LogP contribution in [0.4, 0.5) is 4.39 Å². The second kappa shape index (κ2) is 4.30. The van der Waals surface area contributed by atoms with Crippen molar-refractivity contribution in [3.8, 4) is 5.75 Å². The highest BCUT2D eigenvalue weighted by Gasteiger charge is 2.38. The average Bonchev–Trinajstić information content (AvgIpc) is 2.82. The lowest BCUT2D eigenvalue weighted by Crippen LogP contribution is -2.18. The van der Waals surface area contributed by atoms with E-state index in [9.17, 15) is 4.39 Å². The van der Waals surface area contributed by atoms with Crippen LogP contribution in [-0.4, -0.2) is 19.2 Å². The van der Waals surface area contributed by atoms with E-state index >= 15 is 0 Å². The molecule has 1 aliphatic heterocycles. The maximum Gasteiger partial charge on any atom is 0.165 e. The van der Waals surface area contributed by atoms with Crippen LogP contribution in [-0.2, 0) is 0 Å². The van der Waals surface area contributed by atoms with E-state index in [2.05, 4.69) is 5.32 Å². The van der Waals surface area contributed by atoms with Gasteiger partial charge in [-0.25, -0.2) is 4.39 Å². The Hall–Kier alpha value is -1.09. The Labute approximate surface area is 101 Å². The molecule has 0 aromatic heterocycles. The van der Waals surface area contributed by atoms with Crippen molar-refractivity contribution in [2.24, 2.45) is 11.8 Å². The summed E-state index contributed by atoms with van der Waals surface area (Å²) in [6, 6.07) is 5.18. The maximum atomic E-state index is 13.7. The maximum absolute atomic E-state index is 13.7. The summed E-state index contributed by atoms with van der Waals surface area (Å²) in [5, 5.41) is 3.40. The van der Waals surface area contributed by atoms with Crippen LogP contribution < -0.4 is 10.1 Å². The first-order valence-electron chi connectivity index (χ1n) is 6.36. The van der Waals surface area contributed by atoms with E-state index in [4.69, 9.17) is 4.74 Å². The van der Waals surface area contributed by atoms with Crippen LogP contribution in [0.15, 0.2) is 18.2 Å². The van der Waals surface area contributed by atoms with Gasteiger partial charge in [0.05, 0.1) is 6.10 Å². The van der Waals surface area contributed by atoms with Gasteiger partial charge in [0, 0.05) is 0 Å². The lowest BCUT2D eigenvalue weighted by Gasteiger charge is -2.15. The number of fused-ring (bicyclic) bond motifs is 1. The fourth-order valence-corrected chi connectivity index (χ4v) is 3.09. The molecule has 2 nitrogen and oxygen atoms in total. The molecular weight excluding hydrogens is 217 g/mol. The molecule has 0 bridgehead atoms. The van der Waals surface area contributed by atoms with Crippen LogP contribution in [0, 0.1) is 24.6 Å². The van der Waals surface area contributed by atoms with Gasteiger partial charge in [0.25, 0.3) is 0 Å². The van der Waals surface area contributed by atoms with E-state index in [0.29, 0.717) is 5.75 Å². The molecule has 0 radical (unpaired) electrons. The third kappa shape index (κ3) is 2.16. The zero-order valence-corrected chi connectivity index (χ0v) is 10.1. The van der Waals surface area contributed by atoms with Crippen LogP contribution in [0.3, 0.4) is 0 Å². The van der Waals surface area contributed by atoms with Gasteiger partial charge in [-0.2, -0.15) is 0 Å². The Kier molecular flexibility index (Phi) is 2.79. The molecule has 1 aliphatic carbocycles. The molecule has 17 heavy (non-hydrogen) atoms. The number of hydrogen-bond acceptors (Lipinski definition) is 2. The predicted octanol–water partition coefficient (Wildman–Crippen LogP) is 2.51. The molecular formula is C14H18FNO. The summed E-state index contributed by atoms with van der Waals surface area (Å²) in [7, 11) is 0. The summed E-state index contributed by atoms with van der Waals surface area (Å²) in [6.45, 7) is 4.08. The van der Waals surface area contributed by atoms with Gasteiger partial charge in [-0.1, -0.05) is 6.07 Å². The Morgan fingerprint density at radius 2 is 1.94 bits per heavy atom. The Bertz CT molecular complexity index is 409. The zero-order valence-electron chi connectivity index (χ0n) is 10.1. The second-order valence-corrected chi connectivity index (χ2v) is 5.32. The molecule has 1 aromatic carbocycles. The van der Waals surface area contributed by atoms with Gasteiger partial charge in [0.1, 0.15) is 0 Å². The van der Waals surface area contributed by atoms with Crippen LogP contribution in [0.25, 0.3) is 0 Å². The molecule has 2 unspecified atom stereocenters. The molecule has 1 N–H and O–H groups in total. The van der Waals surface area contributed by atoms with Gasteiger partial charge in [-0.05, 0) is 62.4 Å². The molecule has 92 valence electrons. The molecule has 1 aromatic rings. The minimum absolute atomic E-state index is 0.198. The minimum atomic E-state index is -0.236. The van der Waals surface area contributed by atoms with Crippen molar-refractivity contribution in [3.63, 3.8) is 0 Å². The standard InChI is InChI=1S/C14H18FNO/c1-9-2-3-14(13(15)4-9)17-12-5-10-7-16-8-11(10)6-12/h2-4,10-12,16H,5-8H2,1H3. The van der Waals surface area contributed by atoms with Crippen LogP contribution in [0.2, 0.25) is 0 Å². The Morgan fingerprint density at radius 1 is 1.24 bits per heavy atom. The van der Waals surface area contributed by atoms with Crippen LogP contribution in [0.5, 0.6) is 5.75 Å². The van der Waals surface area contributed by atoms with Crippen molar-refractivity contribution in [3.05, 3.63) is 29.6 Å². The van der Waals surface area contributed by atoms with E-state index in [1.165, 1.54) is 6.07 Å². The van der Waals surface area contributed by atoms with Gasteiger partial charge in [0.15, 0.2) is 11.6 Å². The number of aryl methyl sites for hydroxylation is 1. The van der Waals surface area contributed by atoms with Crippen molar-refractivity contribution in [2.45, 2.75) is 25.9 Å². The van der Waals surface area contributed by atoms with Crippen LogP contribution >= 0.6 is 0 Å². The van der Waals surface area contributed by atoms with E-state index in [-0.39, 0.29) is 11.9 Å². The van der Waals surface area contributed by atoms with Crippen LogP contribution in [0.1, 0.15) is 18.4 Å². The number of nitrogens with one attached hydrogen (secondary N) is 1. The summed E-state index contributed by atoms with van der Waals surface area (Å²) in [6.07, 6.45) is 2.32. The first-order valence-corrected chi connectivity index (χ1v) is 6.36. The first kappa shape index (κ1) is 11.0. The normalized spacial score (nSPS) is 31.5. The monoisotopic (exact) mass is 235 g/mol. The molecule has 1 heterocycles. The summed E-state index contributed by atoms with van der Waals surface area (Å²) >= 11 is 0. The van der Waals surface area contributed by atoms with Crippen molar-refractivity contribution in [2.75, 3.05) is 13.1 Å². The number of rotatable bonds is 2. The molecule has 2 fully saturated rings. The van der Waals surface area contributed by atoms with Crippen molar-refractivity contribution in [1.29, 1.82) is 0 Å². The minimum Gasteiger partial charge on any atom is -0.487 e. The molecule has 1 saturated heterocycles. The zero-order chi connectivity index (χ0) is 11.8. The topological polar surface area (TPSA) is 21.3 Å². The molecule has 0 spiro atoms. The predicted molar refractivity (Wildman–Crippen MR) is 64.6 cm³/mol. The lowest BCUT2D eigenvalue weighted by molar-refractivity contribution is 0.190. The third-order valence-corrected chi connectivity index (χ3v) is 3.99. The highest BCUT2D eigenvalue weighted by Crippen LogP contribution is 2.36. The smallest absolute Gasteiger partial charge is 0.165 e. The van der Waals surface area contributed by atoms with Gasteiger partial charge in [-0.3, -0.25) is 0 Å². The Morgan fingerprint density at radius 3 is 2.59 bits per heavy atom. The molecule has 1 saturated carbocycles. The molecule has 2 atom stereocenters. The van der Waals surface area contributed by atoms with Gasteiger partial charge >= 0.3 is 0 Å². The van der Waals surface area contributed by atoms with Crippen molar-refractivity contribution in [1.82, 2.24) is 5.32 Å². The summed E-state index contributed by atoms with van der Waals surface area (Å²) < 4.78 is 19.5. The highest BCUT2D eigenvalue weighted by atomic mass is 19.1. The van der Waals surface area contributed by atoms with Crippen molar-refractivity contribution >= 4 is 0 Å².